The molecule has 0 radical (unpaired) electrons. The molecule has 2 aliphatic carbocycles. The number of benzene rings is 2. The van der Waals surface area contributed by atoms with Gasteiger partial charge in [-0.05, 0) is 79.5 Å². The summed E-state index contributed by atoms with van der Waals surface area (Å²) >= 11 is 0. The van der Waals surface area contributed by atoms with E-state index in [1.807, 2.05) is 59.9 Å². The third-order valence-electron chi connectivity index (χ3n) is 9.55. The van der Waals surface area contributed by atoms with E-state index >= 15 is 0 Å². The minimum Gasteiger partial charge on any atom is -0.478 e. The summed E-state index contributed by atoms with van der Waals surface area (Å²) in [4.78, 5) is 29.8. The minimum atomic E-state index is -0.987. The lowest BCUT2D eigenvalue weighted by Crippen LogP contribution is -2.52. The summed E-state index contributed by atoms with van der Waals surface area (Å²) in [6.07, 6.45) is 14.2. The molecule has 0 bridgehead atoms. The first kappa shape index (κ1) is 27.2. The topological polar surface area (TPSA) is 107 Å². The van der Waals surface area contributed by atoms with Gasteiger partial charge in [0, 0.05) is 55.4 Å². The Balaban J connectivity index is 1.24. The number of rotatable bonds is 7. The quantitative estimate of drug-likeness (QED) is 0.230. The van der Waals surface area contributed by atoms with Crippen molar-refractivity contribution < 1.29 is 14.7 Å². The van der Waals surface area contributed by atoms with Gasteiger partial charge in [0.2, 0.25) is 0 Å². The highest BCUT2D eigenvalue weighted by Crippen LogP contribution is 2.45. The fourth-order valence-corrected chi connectivity index (χ4v) is 7.26. The second-order valence-electron chi connectivity index (χ2n) is 12.2. The van der Waals surface area contributed by atoms with Crippen molar-refractivity contribution in [3.05, 3.63) is 77.4 Å². The Bertz CT molecular complexity index is 1930. The number of aromatic nitrogens is 5. The molecular weight excluding hydrogens is 540 g/mol. The summed E-state index contributed by atoms with van der Waals surface area (Å²) in [6, 6.07) is 11.8. The zero-order valence-corrected chi connectivity index (χ0v) is 24.8. The molecule has 1 amide bonds. The van der Waals surface area contributed by atoms with Crippen LogP contribution in [-0.4, -0.2) is 40.9 Å². The molecule has 3 heterocycles. The van der Waals surface area contributed by atoms with Gasteiger partial charge in [-0.2, -0.15) is 5.10 Å². The zero-order chi connectivity index (χ0) is 29.9. The molecule has 2 fully saturated rings. The molecule has 2 saturated carbocycles. The number of carboxylic acids is 1. The smallest absolute Gasteiger partial charge is 0.328 e. The van der Waals surface area contributed by atoms with Gasteiger partial charge < -0.3 is 19.6 Å². The number of nitrogens with zero attached hydrogens (tertiary/aromatic N) is 5. The number of imidazole rings is 1. The van der Waals surface area contributed by atoms with Gasteiger partial charge in [-0.15, -0.1) is 0 Å². The number of aliphatic carboxylic acids is 1. The fraction of sp³-hybridized carbons (Fsp3) is 0.353. The third-order valence-corrected chi connectivity index (χ3v) is 9.55. The Morgan fingerprint density at radius 2 is 1.79 bits per heavy atom. The molecule has 2 aliphatic rings. The summed E-state index contributed by atoms with van der Waals surface area (Å²) in [6.45, 7) is 0. The monoisotopic (exact) mass is 576 g/mol. The van der Waals surface area contributed by atoms with Crippen molar-refractivity contribution in [2.24, 2.45) is 21.1 Å². The van der Waals surface area contributed by atoms with Crippen molar-refractivity contribution in [3.63, 3.8) is 0 Å². The average Bonchev–Trinajstić information content (AvgIpc) is 3.76. The van der Waals surface area contributed by atoms with E-state index in [4.69, 9.17) is 10.1 Å². The molecule has 2 N–H and O–H groups in total. The van der Waals surface area contributed by atoms with Crippen LogP contribution in [-0.2, 0) is 31.5 Å². The standard InChI is InChI=1S/C34H36N6O3/c1-38-20-24(19-35-38)31-30(22-7-4-5-8-22)25-12-11-23(18-27(25)39(31)2)32(43)37-34(15-6-16-34)33-36-26-13-9-21(10-14-29(41)42)17-28(26)40(33)3/h9-14,17-20,22H,4-8,15-16H2,1-3H3,(H,37,43)(H,41,42)/b14-10+. The van der Waals surface area contributed by atoms with E-state index in [2.05, 4.69) is 34.3 Å². The van der Waals surface area contributed by atoms with Gasteiger partial charge >= 0.3 is 5.97 Å². The summed E-state index contributed by atoms with van der Waals surface area (Å²) in [5, 5.41) is 18.1. The molecule has 220 valence electrons. The van der Waals surface area contributed by atoms with E-state index in [0.29, 0.717) is 11.5 Å². The van der Waals surface area contributed by atoms with Crippen LogP contribution in [0.5, 0.6) is 0 Å². The molecule has 0 aliphatic heterocycles. The lowest BCUT2D eigenvalue weighted by molar-refractivity contribution is -0.131. The summed E-state index contributed by atoms with van der Waals surface area (Å²) in [5.41, 5.74) is 7.31. The average molecular weight is 577 g/mol. The first-order chi connectivity index (χ1) is 20.7. The van der Waals surface area contributed by atoms with E-state index in [-0.39, 0.29) is 5.91 Å². The van der Waals surface area contributed by atoms with Crippen LogP contribution >= 0.6 is 0 Å². The minimum absolute atomic E-state index is 0.106. The van der Waals surface area contributed by atoms with Gasteiger partial charge in [0.15, 0.2) is 0 Å². The Morgan fingerprint density at radius 3 is 2.47 bits per heavy atom. The van der Waals surface area contributed by atoms with Crippen LogP contribution in [0, 0.1) is 0 Å². The SMILES string of the molecule is Cn1cc(-c2c(C3CCCC3)c3ccc(C(=O)NC4(c5nc6ccc(/C=C/C(=O)O)cc6n5C)CCC4)cc3n2C)cn1. The van der Waals surface area contributed by atoms with Crippen LogP contribution < -0.4 is 5.32 Å². The Morgan fingerprint density at radius 1 is 1.00 bits per heavy atom. The number of fused-ring (bicyclic) bond motifs is 2. The maximum atomic E-state index is 13.9. The van der Waals surface area contributed by atoms with E-state index in [9.17, 15) is 9.59 Å². The third kappa shape index (κ3) is 4.54. The van der Waals surface area contributed by atoms with Gasteiger partial charge in [-0.25, -0.2) is 9.78 Å². The number of hydrogen-bond donors (Lipinski definition) is 2. The lowest BCUT2D eigenvalue weighted by atomic mass is 9.75. The first-order valence-corrected chi connectivity index (χ1v) is 15.1. The highest BCUT2D eigenvalue weighted by atomic mass is 16.4. The number of amides is 1. The molecule has 0 saturated heterocycles. The first-order valence-electron chi connectivity index (χ1n) is 15.1. The molecule has 43 heavy (non-hydrogen) atoms. The van der Waals surface area contributed by atoms with Crippen molar-refractivity contribution >= 4 is 39.9 Å². The second kappa shape index (κ2) is 10.3. The van der Waals surface area contributed by atoms with Gasteiger partial charge in [-0.1, -0.05) is 25.0 Å². The van der Waals surface area contributed by atoms with Crippen LogP contribution in [0.1, 0.15) is 78.2 Å². The van der Waals surface area contributed by atoms with Gasteiger partial charge in [0.05, 0.1) is 28.5 Å². The predicted molar refractivity (Wildman–Crippen MR) is 167 cm³/mol. The van der Waals surface area contributed by atoms with Crippen LogP contribution in [0.25, 0.3) is 39.3 Å². The van der Waals surface area contributed by atoms with Crippen molar-refractivity contribution in [2.75, 3.05) is 0 Å². The van der Waals surface area contributed by atoms with E-state index < -0.39 is 11.5 Å². The number of carbonyl (C=O) groups excluding carboxylic acids is 1. The molecular formula is C34H36N6O3. The summed E-state index contributed by atoms with van der Waals surface area (Å²) in [7, 11) is 6.00. The van der Waals surface area contributed by atoms with Gasteiger partial charge in [0.1, 0.15) is 5.82 Å². The molecule has 7 rings (SSSR count). The van der Waals surface area contributed by atoms with Crippen LogP contribution in [0.15, 0.2) is 54.9 Å². The molecule has 9 heteroatoms. The number of carbonyl (C=O) groups is 2. The normalized spacial score (nSPS) is 16.8. The highest BCUT2D eigenvalue weighted by Gasteiger charge is 2.44. The number of nitrogens with one attached hydrogen (secondary N) is 1. The molecule has 5 aromatic rings. The molecule has 9 nitrogen and oxygen atoms in total. The van der Waals surface area contributed by atoms with Crippen LogP contribution in [0.3, 0.4) is 0 Å². The van der Waals surface area contributed by atoms with E-state index in [1.54, 1.807) is 6.08 Å². The van der Waals surface area contributed by atoms with E-state index in [0.717, 1.165) is 58.8 Å². The Labute approximate surface area is 249 Å². The number of aryl methyl sites for hydroxylation is 3. The highest BCUT2D eigenvalue weighted by molar-refractivity contribution is 6.01. The summed E-state index contributed by atoms with van der Waals surface area (Å²) < 4.78 is 6.11. The number of hydrogen-bond acceptors (Lipinski definition) is 4. The maximum absolute atomic E-state index is 13.9. The van der Waals surface area contributed by atoms with Crippen molar-refractivity contribution in [2.45, 2.75) is 56.4 Å². The van der Waals surface area contributed by atoms with Crippen molar-refractivity contribution in [1.29, 1.82) is 0 Å². The predicted octanol–water partition coefficient (Wildman–Crippen LogP) is 6.03. The molecule has 0 unspecified atom stereocenters. The summed E-state index contributed by atoms with van der Waals surface area (Å²) in [5.74, 6) is 0.238. The van der Waals surface area contributed by atoms with Crippen molar-refractivity contribution in [3.8, 4) is 11.3 Å². The molecule has 0 spiro atoms. The zero-order valence-electron chi connectivity index (χ0n) is 24.8. The second-order valence-corrected chi connectivity index (χ2v) is 12.2. The molecule has 0 atom stereocenters. The number of carboxylic acid groups (broad SMARTS) is 1. The van der Waals surface area contributed by atoms with Crippen molar-refractivity contribution in [1.82, 2.24) is 29.2 Å². The van der Waals surface area contributed by atoms with Gasteiger partial charge in [-0.3, -0.25) is 9.48 Å². The fourth-order valence-electron chi connectivity index (χ4n) is 7.26. The Kier molecular flexibility index (Phi) is 6.49. The maximum Gasteiger partial charge on any atom is 0.328 e. The van der Waals surface area contributed by atoms with Gasteiger partial charge in [0.25, 0.3) is 5.91 Å². The molecule has 3 aromatic heterocycles. The van der Waals surface area contributed by atoms with Crippen LogP contribution in [0.4, 0.5) is 0 Å². The Hall–Kier alpha value is -4.66. The molecule has 2 aromatic carbocycles. The van der Waals surface area contributed by atoms with E-state index in [1.165, 1.54) is 42.3 Å². The van der Waals surface area contributed by atoms with Crippen LogP contribution in [0.2, 0.25) is 0 Å². The lowest BCUT2D eigenvalue weighted by Gasteiger charge is -2.41. The largest absolute Gasteiger partial charge is 0.478 e.